The van der Waals surface area contributed by atoms with Crippen LogP contribution in [0.25, 0.3) is 0 Å². The molecule has 1 unspecified atom stereocenters. The van der Waals surface area contributed by atoms with Gasteiger partial charge in [-0.15, -0.1) is 0 Å². The number of likely N-dealkylation sites (tertiary alicyclic amines) is 1. The topological polar surface area (TPSA) is 65.1 Å². The Morgan fingerprint density at radius 3 is 2.61 bits per heavy atom. The Hall–Kier alpha value is -1.30. The molecule has 0 N–H and O–H groups in total. The lowest BCUT2D eigenvalue weighted by Crippen LogP contribution is -2.35. The number of esters is 1. The van der Waals surface area contributed by atoms with Crippen LogP contribution in [0.2, 0.25) is 0 Å². The fraction of sp³-hybridized carbons (Fsp3) is 0.882. The largest absolute Gasteiger partial charge is 0.469 e. The van der Waals surface area contributed by atoms with Crippen LogP contribution in [-0.4, -0.2) is 56.0 Å². The summed E-state index contributed by atoms with van der Waals surface area (Å²) in [6, 6.07) is 0. The molecule has 23 heavy (non-hydrogen) atoms. The van der Waals surface area contributed by atoms with Gasteiger partial charge in [0.2, 0.25) is 0 Å². The third-order valence-corrected chi connectivity index (χ3v) is 3.75. The Bertz CT molecular complexity index is 391. The smallest absolute Gasteiger partial charge is 0.410 e. The molecule has 0 spiro atoms. The number of nitrogens with zero attached hydrogens (tertiary/aromatic N) is 1. The zero-order chi connectivity index (χ0) is 17.5. The van der Waals surface area contributed by atoms with E-state index in [-0.39, 0.29) is 18.0 Å². The van der Waals surface area contributed by atoms with Gasteiger partial charge in [0.15, 0.2) is 0 Å². The number of carbonyl (C=O) groups is 2. The molecule has 134 valence electrons. The normalized spacial score (nSPS) is 19.5. The van der Waals surface area contributed by atoms with Gasteiger partial charge >= 0.3 is 12.1 Å². The Balaban J connectivity index is 2.16. The summed E-state index contributed by atoms with van der Waals surface area (Å²) in [6.45, 7) is 10.3. The van der Waals surface area contributed by atoms with E-state index in [9.17, 15) is 9.59 Å². The average Bonchev–Trinajstić information content (AvgIpc) is 2.90. The molecule has 1 fully saturated rings. The zero-order valence-electron chi connectivity index (χ0n) is 15.1. The maximum Gasteiger partial charge on any atom is 0.410 e. The number of methoxy groups -OCH3 is 1. The van der Waals surface area contributed by atoms with Gasteiger partial charge in [0, 0.05) is 26.3 Å². The minimum atomic E-state index is -0.450. The van der Waals surface area contributed by atoms with Crippen LogP contribution < -0.4 is 0 Å². The number of rotatable bonds is 7. The monoisotopic (exact) mass is 329 g/mol. The lowest BCUT2D eigenvalue weighted by atomic mass is 10.1. The van der Waals surface area contributed by atoms with Crippen molar-refractivity contribution in [3.8, 4) is 0 Å². The molecule has 0 saturated carbocycles. The highest BCUT2D eigenvalue weighted by atomic mass is 16.6. The molecule has 0 aromatic carbocycles. The summed E-state index contributed by atoms with van der Waals surface area (Å²) in [6.07, 6.45) is 2.06. The highest BCUT2D eigenvalue weighted by molar-refractivity contribution is 5.69. The van der Waals surface area contributed by atoms with Crippen LogP contribution in [0.15, 0.2) is 0 Å². The van der Waals surface area contributed by atoms with Crippen molar-refractivity contribution in [2.45, 2.75) is 52.6 Å². The SMILES string of the molecule is COC(=O)CC(C)COCC[C@@H]1CCN(C(=O)OC(C)(C)C)C1. The van der Waals surface area contributed by atoms with E-state index in [1.807, 2.05) is 27.7 Å². The predicted octanol–water partition coefficient (Wildman–Crippen LogP) is 2.85. The van der Waals surface area contributed by atoms with Crippen molar-refractivity contribution in [1.29, 1.82) is 0 Å². The van der Waals surface area contributed by atoms with Crippen molar-refractivity contribution in [2.24, 2.45) is 11.8 Å². The summed E-state index contributed by atoms with van der Waals surface area (Å²) in [5.41, 5.74) is -0.450. The Labute approximate surface area is 139 Å². The van der Waals surface area contributed by atoms with Gasteiger partial charge < -0.3 is 19.1 Å². The van der Waals surface area contributed by atoms with Gasteiger partial charge in [0.1, 0.15) is 5.60 Å². The Kier molecular flexibility index (Phi) is 7.82. The van der Waals surface area contributed by atoms with Crippen LogP contribution in [0.4, 0.5) is 4.79 Å². The first-order valence-corrected chi connectivity index (χ1v) is 8.33. The molecule has 2 atom stereocenters. The summed E-state index contributed by atoms with van der Waals surface area (Å²) in [5, 5.41) is 0. The minimum Gasteiger partial charge on any atom is -0.469 e. The van der Waals surface area contributed by atoms with Crippen molar-refractivity contribution in [1.82, 2.24) is 4.90 Å². The molecular formula is C17H31NO5. The lowest BCUT2D eigenvalue weighted by molar-refractivity contribution is -0.142. The first kappa shape index (κ1) is 19.7. The summed E-state index contributed by atoms with van der Waals surface area (Å²) in [7, 11) is 1.40. The van der Waals surface area contributed by atoms with E-state index in [1.54, 1.807) is 4.90 Å². The van der Waals surface area contributed by atoms with Crippen LogP contribution in [0.5, 0.6) is 0 Å². The molecule has 1 aliphatic rings. The van der Waals surface area contributed by atoms with Crippen molar-refractivity contribution < 1.29 is 23.8 Å². The molecule has 6 nitrogen and oxygen atoms in total. The van der Waals surface area contributed by atoms with Crippen LogP contribution in [0, 0.1) is 11.8 Å². The van der Waals surface area contributed by atoms with Gasteiger partial charge in [-0.3, -0.25) is 4.79 Å². The number of hydrogen-bond donors (Lipinski definition) is 0. The van der Waals surface area contributed by atoms with E-state index in [1.165, 1.54) is 7.11 Å². The number of ether oxygens (including phenoxy) is 3. The van der Waals surface area contributed by atoms with Gasteiger partial charge in [-0.2, -0.15) is 0 Å². The zero-order valence-corrected chi connectivity index (χ0v) is 15.1. The fourth-order valence-electron chi connectivity index (χ4n) is 2.52. The van der Waals surface area contributed by atoms with Crippen molar-refractivity contribution in [3.05, 3.63) is 0 Å². The number of amides is 1. The standard InChI is InChI=1S/C17H31NO5/c1-13(10-15(19)21-5)12-22-9-7-14-6-8-18(11-14)16(20)23-17(2,3)4/h13-14H,6-12H2,1-5H3/t13?,14-/m0/s1. The number of carbonyl (C=O) groups excluding carboxylic acids is 2. The molecule has 0 aliphatic carbocycles. The molecule has 1 amide bonds. The highest BCUT2D eigenvalue weighted by Gasteiger charge is 2.29. The third-order valence-electron chi connectivity index (χ3n) is 3.75. The van der Waals surface area contributed by atoms with Crippen molar-refractivity contribution >= 4 is 12.1 Å². The lowest BCUT2D eigenvalue weighted by Gasteiger charge is -2.24. The maximum atomic E-state index is 12.0. The summed E-state index contributed by atoms with van der Waals surface area (Å²) in [5.74, 6) is 0.410. The van der Waals surface area contributed by atoms with E-state index in [0.717, 1.165) is 25.9 Å². The van der Waals surface area contributed by atoms with E-state index in [4.69, 9.17) is 9.47 Å². The molecule has 6 heteroatoms. The summed E-state index contributed by atoms with van der Waals surface area (Å²) in [4.78, 5) is 24.9. The average molecular weight is 329 g/mol. The first-order valence-electron chi connectivity index (χ1n) is 8.33. The van der Waals surface area contributed by atoms with Gasteiger partial charge in [-0.1, -0.05) is 6.92 Å². The molecule has 1 aliphatic heterocycles. The second-order valence-corrected chi connectivity index (χ2v) is 7.33. The van der Waals surface area contributed by atoms with E-state index in [2.05, 4.69) is 4.74 Å². The van der Waals surface area contributed by atoms with Gasteiger partial charge in [0.05, 0.1) is 13.5 Å². The van der Waals surface area contributed by atoms with Gasteiger partial charge in [-0.05, 0) is 45.4 Å². The Morgan fingerprint density at radius 1 is 1.30 bits per heavy atom. The fourth-order valence-corrected chi connectivity index (χ4v) is 2.52. The summed E-state index contributed by atoms with van der Waals surface area (Å²) < 4.78 is 15.7. The van der Waals surface area contributed by atoms with Gasteiger partial charge in [0.25, 0.3) is 0 Å². The van der Waals surface area contributed by atoms with E-state index < -0.39 is 5.60 Å². The molecule has 1 heterocycles. The number of hydrogen-bond acceptors (Lipinski definition) is 5. The van der Waals surface area contributed by atoms with Crippen LogP contribution in [0.1, 0.15) is 47.0 Å². The van der Waals surface area contributed by atoms with E-state index >= 15 is 0 Å². The summed E-state index contributed by atoms with van der Waals surface area (Å²) >= 11 is 0. The Morgan fingerprint density at radius 2 is 2.00 bits per heavy atom. The second-order valence-electron chi connectivity index (χ2n) is 7.33. The quantitative estimate of drug-likeness (QED) is 0.531. The molecule has 0 aromatic rings. The van der Waals surface area contributed by atoms with Crippen molar-refractivity contribution in [3.63, 3.8) is 0 Å². The van der Waals surface area contributed by atoms with Crippen molar-refractivity contribution in [2.75, 3.05) is 33.4 Å². The molecule has 0 bridgehead atoms. The predicted molar refractivity (Wildman–Crippen MR) is 87.1 cm³/mol. The van der Waals surface area contributed by atoms with Gasteiger partial charge in [-0.25, -0.2) is 4.79 Å². The molecule has 1 rings (SSSR count). The van der Waals surface area contributed by atoms with E-state index in [0.29, 0.717) is 25.6 Å². The molecule has 1 saturated heterocycles. The molecular weight excluding hydrogens is 298 g/mol. The van der Waals surface area contributed by atoms with Crippen LogP contribution >= 0.6 is 0 Å². The highest BCUT2D eigenvalue weighted by Crippen LogP contribution is 2.22. The molecule has 0 aromatic heterocycles. The second kappa shape index (κ2) is 9.11. The first-order chi connectivity index (χ1) is 10.7. The van der Waals surface area contributed by atoms with Crippen LogP contribution in [0.3, 0.4) is 0 Å². The third kappa shape index (κ3) is 8.21. The van der Waals surface area contributed by atoms with Crippen LogP contribution in [-0.2, 0) is 19.0 Å². The minimum absolute atomic E-state index is 0.157. The maximum absolute atomic E-state index is 12.0. The molecule has 0 radical (unpaired) electrons.